The molecular weight excluding hydrogens is 328 g/mol. The molecule has 22 heavy (non-hydrogen) atoms. The van der Waals surface area contributed by atoms with Gasteiger partial charge in [0.15, 0.2) is 0 Å². The van der Waals surface area contributed by atoms with E-state index in [9.17, 15) is 18.5 Å². The van der Waals surface area contributed by atoms with Crippen molar-refractivity contribution in [3.05, 3.63) is 63.2 Å². The standard InChI is InChI=1S/C14H11ClN2O4S/c15-11-1-4-13(5-2-11)22(20,21)16-8-7-10-9-12(17(18)19)3-6-14(10)16/h1-6,9H,7-8H2. The Morgan fingerprint density at radius 1 is 1.14 bits per heavy atom. The molecule has 0 saturated heterocycles. The monoisotopic (exact) mass is 338 g/mol. The van der Waals surface area contributed by atoms with Crippen molar-refractivity contribution in [3.8, 4) is 0 Å². The predicted molar refractivity (Wildman–Crippen MR) is 82.8 cm³/mol. The zero-order valence-electron chi connectivity index (χ0n) is 11.3. The fourth-order valence-electron chi connectivity index (χ4n) is 2.45. The van der Waals surface area contributed by atoms with Crippen LogP contribution in [-0.4, -0.2) is 19.9 Å². The van der Waals surface area contributed by atoms with Crippen LogP contribution in [0.5, 0.6) is 0 Å². The average Bonchev–Trinajstić information content (AvgIpc) is 2.91. The first kappa shape index (κ1) is 14.8. The second-order valence-corrected chi connectivity index (χ2v) is 7.15. The van der Waals surface area contributed by atoms with Gasteiger partial charge in [-0.3, -0.25) is 14.4 Å². The first-order valence-electron chi connectivity index (χ1n) is 6.45. The van der Waals surface area contributed by atoms with Gasteiger partial charge in [-0.25, -0.2) is 8.42 Å². The van der Waals surface area contributed by atoms with E-state index in [4.69, 9.17) is 11.6 Å². The molecule has 0 aromatic heterocycles. The Balaban J connectivity index is 2.02. The molecule has 2 aromatic carbocycles. The lowest BCUT2D eigenvalue weighted by molar-refractivity contribution is -0.384. The molecule has 0 spiro atoms. The second-order valence-electron chi connectivity index (χ2n) is 4.85. The van der Waals surface area contributed by atoms with E-state index in [0.29, 0.717) is 22.7 Å². The lowest BCUT2D eigenvalue weighted by atomic mass is 10.1. The number of hydrogen-bond donors (Lipinski definition) is 0. The van der Waals surface area contributed by atoms with E-state index >= 15 is 0 Å². The molecule has 0 aliphatic carbocycles. The van der Waals surface area contributed by atoms with Crippen LogP contribution < -0.4 is 4.31 Å². The minimum absolute atomic E-state index is 0.0375. The molecule has 0 unspecified atom stereocenters. The summed E-state index contributed by atoms with van der Waals surface area (Å²) < 4.78 is 26.6. The molecule has 0 N–H and O–H groups in total. The summed E-state index contributed by atoms with van der Waals surface area (Å²) >= 11 is 5.78. The van der Waals surface area contributed by atoms with Gasteiger partial charge < -0.3 is 0 Å². The Morgan fingerprint density at radius 2 is 1.82 bits per heavy atom. The highest BCUT2D eigenvalue weighted by Gasteiger charge is 2.31. The van der Waals surface area contributed by atoms with Gasteiger partial charge in [0.2, 0.25) is 0 Å². The van der Waals surface area contributed by atoms with E-state index in [0.717, 1.165) is 0 Å². The summed E-state index contributed by atoms with van der Waals surface area (Å²) in [6, 6.07) is 10.1. The minimum atomic E-state index is -3.70. The van der Waals surface area contributed by atoms with Crippen LogP contribution >= 0.6 is 11.6 Å². The summed E-state index contributed by atoms with van der Waals surface area (Å²) in [7, 11) is -3.70. The van der Waals surface area contributed by atoms with Crippen molar-refractivity contribution in [3.63, 3.8) is 0 Å². The molecule has 0 fully saturated rings. The molecule has 0 radical (unpaired) electrons. The number of fused-ring (bicyclic) bond motifs is 1. The number of nitro groups is 1. The highest BCUT2D eigenvalue weighted by molar-refractivity contribution is 7.92. The Kier molecular flexibility index (Phi) is 3.54. The van der Waals surface area contributed by atoms with Gasteiger partial charge in [-0.2, -0.15) is 0 Å². The highest BCUT2D eigenvalue weighted by atomic mass is 35.5. The molecular formula is C14H11ClN2O4S. The zero-order chi connectivity index (χ0) is 15.9. The third-order valence-corrected chi connectivity index (χ3v) is 5.61. The van der Waals surface area contributed by atoms with Crippen LogP contribution in [0.2, 0.25) is 5.02 Å². The number of hydrogen-bond acceptors (Lipinski definition) is 4. The van der Waals surface area contributed by atoms with Gasteiger partial charge in [-0.15, -0.1) is 0 Å². The molecule has 2 aromatic rings. The third-order valence-electron chi connectivity index (χ3n) is 3.53. The molecule has 0 amide bonds. The van der Waals surface area contributed by atoms with E-state index in [1.165, 1.54) is 46.8 Å². The number of nitrogens with zero attached hydrogens (tertiary/aromatic N) is 2. The summed E-state index contributed by atoms with van der Waals surface area (Å²) in [4.78, 5) is 10.4. The van der Waals surface area contributed by atoms with Crippen molar-refractivity contribution < 1.29 is 13.3 Å². The van der Waals surface area contributed by atoms with Crippen LogP contribution in [0.4, 0.5) is 11.4 Å². The second kappa shape index (κ2) is 5.26. The van der Waals surface area contributed by atoms with Crippen LogP contribution in [0, 0.1) is 10.1 Å². The van der Waals surface area contributed by atoms with Gasteiger partial charge in [0.25, 0.3) is 15.7 Å². The van der Waals surface area contributed by atoms with Crippen LogP contribution in [0.15, 0.2) is 47.4 Å². The number of benzene rings is 2. The molecule has 6 nitrogen and oxygen atoms in total. The van der Waals surface area contributed by atoms with E-state index in [1.807, 2.05) is 0 Å². The van der Waals surface area contributed by atoms with Crippen molar-refractivity contribution in [1.82, 2.24) is 0 Å². The summed E-state index contributed by atoms with van der Waals surface area (Å²) in [6.45, 7) is 0.265. The SMILES string of the molecule is O=[N+]([O-])c1ccc2c(c1)CCN2S(=O)(=O)c1ccc(Cl)cc1. The quantitative estimate of drug-likeness (QED) is 0.636. The average molecular weight is 339 g/mol. The zero-order valence-corrected chi connectivity index (χ0v) is 12.8. The number of nitro benzene ring substituents is 1. The van der Waals surface area contributed by atoms with Crippen LogP contribution in [0.3, 0.4) is 0 Å². The Bertz CT molecular complexity index is 850. The maximum Gasteiger partial charge on any atom is 0.269 e. The number of anilines is 1. The first-order chi connectivity index (χ1) is 10.4. The molecule has 8 heteroatoms. The molecule has 114 valence electrons. The first-order valence-corrected chi connectivity index (χ1v) is 8.27. The molecule has 1 aliphatic rings. The van der Waals surface area contributed by atoms with E-state index in [1.54, 1.807) is 0 Å². The maximum atomic E-state index is 12.7. The molecule has 0 bridgehead atoms. The fraction of sp³-hybridized carbons (Fsp3) is 0.143. The minimum Gasteiger partial charge on any atom is -0.266 e. The lowest BCUT2D eigenvalue weighted by Gasteiger charge is -2.19. The maximum absolute atomic E-state index is 12.7. The van der Waals surface area contributed by atoms with Gasteiger partial charge >= 0.3 is 0 Å². The number of rotatable bonds is 3. The van der Waals surface area contributed by atoms with Crippen molar-refractivity contribution in [2.75, 3.05) is 10.8 Å². The van der Waals surface area contributed by atoms with Gasteiger partial charge in [0, 0.05) is 23.7 Å². The lowest BCUT2D eigenvalue weighted by Crippen LogP contribution is -2.29. The van der Waals surface area contributed by atoms with Crippen molar-refractivity contribution in [2.45, 2.75) is 11.3 Å². The Labute approximate surface area is 132 Å². The van der Waals surface area contributed by atoms with Crippen molar-refractivity contribution in [1.29, 1.82) is 0 Å². The Morgan fingerprint density at radius 3 is 2.45 bits per heavy atom. The fourth-order valence-corrected chi connectivity index (χ4v) is 4.08. The number of halogens is 1. The van der Waals surface area contributed by atoms with Crippen molar-refractivity contribution >= 4 is 33.0 Å². The van der Waals surface area contributed by atoms with E-state index in [-0.39, 0.29) is 17.1 Å². The Hall–Kier alpha value is -2.12. The predicted octanol–water partition coefficient (Wildman–Crippen LogP) is 3.00. The normalized spacial score (nSPS) is 14.0. The highest BCUT2D eigenvalue weighted by Crippen LogP contribution is 2.35. The summed E-state index contributed by atoms with van der Waals surface area (Å²) in [6.07, 6.45) is 0.448. The van der Waals surface area contributed by atoms with Gasteiger partial charge in [-0.05, 0) is 42.3 Å². The number of sulfonamides is 1. The van der Waals surface area contributed by atoms with Gasteiger partial charge in [-0.1, -0.05) is 11.6 Å². The molecule has 0 saturated carbocycles. The van der Waals surface area contributed by atoms with Crippen LogP contribution in [0.1, 0.15) is 5.56 Å². The van der Waals surface area contributed by atoms with Gasteiger partial charge in [0.05, 0.1) is 15.5 Å². The van der Waals surface area contributed by atoms with E-state index < -0.39 is 14.9 Å². The van der Waals surface area contributed by atoms with Crippen LogP contribution in [0.25, 0.3) is 0 Å². The van der Waals surface area contributed by atoms with E-state index in [2.05, 4.69) is 0 Å². The van der Waals surface area contributed by atoms with Gasteiger partial charge in [0.1, 0.15) is 0 Å². The molecule has 3 rings (SSSR count). The summed E-state index contributed by atoms with van der Waals surface area (Å²) in [5.41, 5.74) is 1.11. The summed E-state index contributed by atoms with van der Waals surface area (Å²) in [5, 5.41) is 11.2. The molecule has 1 aliphatic heterocycles. The molecule has 1 heterocycles. The molecule has 0 atom stereocenters. The van der Waals surface area contributed by atoms with Crippen molar-refractivity contribution in [2.24, 2.45) is 0 Å². The topological polar surface area (TPSA) is 80.5 Å². The summed E-state index contributed by atoms with van der Waals surface area (Å²) in [5.74, 6) is 0. The van der Waals surface area contributed by atoms with Crippen LogP contribution in [-0.2, 0) is 16.4 Å². The largest absolute Gasteiger partial charge is 0.269 e. The smallest absolute Gasteiger partial charge is 0.266 e. The third kappa shape index (κ3) is 2.42. The number of non-ortho nitro benzene ring substituents is 1.